The Morgan fingerprint density at radius 1 is 1.33 bits per heavy atom. The summed E-state index contributed by atoms with van der Waals surface area (Å²) in [5, 5.41) is 0. The molecule has 1 saturated carbocycles. The second kappa shape index (κ2) is 6.67. The number of halogens is 2. The van der Waals surface area contributed by atoms with Gasteiger partial charge in [0.15, 0.2) is 0 Å². The third-order valence-electron chi connectivity index (χ3n) is 3.77. The van der Waals surface area contributed by atoms with Crippen molar-refractivity contribution >= 4 is 41.6 Å². The molecule has 0 heterocycles. The second-order valence-corrected chi connectivity index (χ2v) is 8.62. The Bertz CT molecular complexity index is 642. The molecule has 1 aliphatic carbocycles. The largest absolute Gasteiger partial charge is 0.336 e. The zero-order valence-electron chi connectivity index (χ0n) is 11.7. The van der Waals surface area contributed by atoms with Gasteiger partial charge in [0.2, 0.25) is 0 Å². The van der Waals surface area contributed by atoms with E-state index in [1.54, 1.807) is 6.07 Å². The minimum atomic E-state index is -3.86. The van der Waals surface area contributed by atoms with Gasteiger partial charge in [-0.3, -0.25) is 4.79 Å². The molecular formula is C14H17BrClNO3S. The maximum absolute atomic E-state index is 12.7. The first-order valence-electron chi connectivity index (χ1n) is 6.89. The van der Waals surface area contributed by atoms with Crippen LogP contribution in [-0.2, 0) is 9.05 Å². The van der Waals surface area contributed by atoms with Crippen LogP contribution in [-0.4, -0.2) is 31.8 Å². The lowest BCUT2D eigenvalue weighted by Crippen LogP contribution is -2.38. The van der Waals surface area contributed by atoms with Crippen LogP contribution in [0.2, 0.25) is 0 Å². The van der Waals surface area contributed by atoms with Crippen molar-refractivity contribution in [3.63, 3.8) is 0 Å². The van der Waals surface area contributed by atoms with Gasteiger partial charge in [0.1, 0.15) is 0 Å². The molecule has 1 fully saturated rings. The fraction of sp³-hybridized carbons (Fsp3) is 0.500. The van der Waals surface area contributed by atoms with Gasteiger partial charge in [-0.1, -0.05) is 28.8 Å². The van der Waals surface area contributed by atoms with Crippen LogP contribution in [0.4, 0.5) is 0 Å². The van der Waals surface area contributed by atoms with Crippen molar-refractivity contribution in [1.82, 2.24) is 4.90 Å². The van der Waals surface area contributed by atoms with E-state index in [1.807, 2.05) is 11.8 Å². The van der Waals surface area contributed by atoms with Crippen LogP contribution in [0.5, 0.6) is 0 Å². The van der Waals surface area contributed by atoms with Crippen molar-refractivity contribution in [3.8, 4) is 0 Å². The van der Waals surface area contributed by atoms with Gasteiger partial charge in [-0.25, -0.2) is 8.42 Å². The van der Waals surface area contributed by atoms with Gasteiger partial charge in [-0.2, -0.15) is 0 Å². The van der Waals surface area contributed by atoms with Crippen LogP contribution in [0.1, 0.15) is 43.0 Å². The molecule has 2 rings (SSSR count). The summed E-state index contributed by atoms with van der Waals surface area (Å²) in [5.74, 6) is -0.146. The highest BCUT2D eigenvalue weighted by Crippen LogP contribution is 2.27. The number of rotatable bonds is 4. The maximum atomic E-state index is 12.7. The van der Waals surface area contributed by atoms with Crippen LogP contribution in [0.25, 0.3) is 0 Å². The van der Waals surface area contributed by atoms with E-state index in [2.05, 4.69) is 15.9 Å². The molecule has 7 heteroatoms. The highest BCUT2D eigenvalue weighted by atomic mass is 79.9. The van der Waals surface area contributed by atoms with Crippen LogP contribution in [0.3, 0.4) is 0 Å². The number of amides is 1. The predicted molar refractivity (Wildman–Crippen MR) is 86.1 cm³/mol. The van der Waals surface area contributed by atoms with Gasteiger partial charge in [0.05, 0.1) is 4.90 Å². The molecule has 1 aliphatic rings. The first-order valence-corrected chi connectivity index (χ1v) is 9.99. The van der Waals surface area contributed by atoms with Gasteiger partial charge in [0, 0.05) is 33.3 Å². The minimum Gasteiger partial charge on any atom is -0.336 e. The molecule has 0 radical (unpaired) electrons. The molecule has 0 atom stereocenters. The van der Waals surface area contributed by atoms with Gasteiger partial charge in [-0.15, -0.1) is 0 Å². The molecule has 116 valence electrons. The number of hydrogen-bond acceptors (Lipinski definition) is 3. The van der Waals surface area contributed by atoms with Gasteiger partial charge >= 0.3 is 0 Å². The average Bonchev–Trinajstić information content (AvgIpc) is 2.91. The Balaban J connectivity index is 2.35. The Labute approximate surface area is 138 Å². The molecular weight excluding hydrogens is 378 g/mol. The van der Waals surface area contributed by atoms with Crippen molar-refractivity contribution in [2.24, 2.45) is 0 Å². The Morgan fingerprint density at radius 3 is 2.48 bits per heavy atom. The molecule has 1 amide bonds. The van der Waals surface area contributed by atoms with Crippen molar-refractivity contribution in [2.75, 3.05) is 6.54 Å². The maximum Gasteiger partial charge on any atom is 0.261 e. The summed E-state index contributed by atoms with van der Waals surface area (Å²) >= 11 is 3.23. The minimum absolute atomic E-state index is 0.0654. The summed E-state index contributed by atoms with van der Waals surface area (Å²) in [7, 11) is 1.51. The quantitative estimate of drug-likeness (QED) is 0.730. The van der Waals surface area contributed by atoms with Crippen molar-refractivity contribution in [3.05, 3.63) is 28.2 Å². The Hall–Kier alpha value is -0.590. The number of carbonyl (C=O) groups excluding carboxylic acids is 1. The Kier molecular flexibility index (Phi) is 5.33. The molecule has 0 spiro atoms. The topological polar surface area (TPSA) is 54.5 Å². The molecule has 21 heavy (non-hydrogen) atoms. The van der Waals surface area contributed by atoms with Crippen LogP contribution in [0, 0.1) is 0 Å². The van der Waals surface area contributed by atoms with E-state index in [0.717, 1.165) is 25.7 Å². The van der Waals surface area contributed by atoms with Crippen LogP contribution < -0.4 is 0 Å². The molecule has 0 unspecified atom stereocenters. The molecule has 0 aliphatic heterocycles. The van der Waals surface area contributed by atoms with E-state index in [4.69, 9.17) is 10.7 Å². The van der Waals surface area contributed by atoms with Gasteiger partial charge < -0.3 is 4.90 Å². The van der Waals surface area contributed by atoms with E-state index in [-0.39, 0.29) is 16.8 Å². The summed E-state index contributed by atoms with van der Waals surface area (Å²) in [4.78, 5) is 14.4. The standard InChI is InChI=1S/C14H17BrClNO3S/c1-2-17(12-5-3-4-6-12)14(18)10-7-11(15)9-13(8-10)21(16,19)20/h7-9,12H,2-6H2,1H3. The lowest BCUT2D eigenvalue weighted by molar-refractivity contribution is 0.0693. The highest BCUT2D eigenvalue weighted by Gasteiger charge is 2.27. The SMILES string of the molecule is CCN(C(=O)c1cc(Br)cc(S(=O)(=O)Cl)c1)C1CCCC1. The third kappa shape index (κ3) is 3.99. The fourth-order valence-electron chi connectivity index (χ4n) is 2.78. The summed E-state index contributed by atoms with van der Waals surface area (Å²) in [6.45, 7) is 2.55. The molecule has 4 nitrogen and oxygen atoms in total. The van der Waals surface area contributed by atoms with Crippen molar-refractivity contribution < 1.29 is 13.2 Å². The number of carbonyl (C=O) groups is 1. The first kappa shape index (κ1) is 16.8. The summed E-state index contributed by atoms with van der Waals surface area (Å²) in [5.41, 5.74) is 0.345. The number of benzene rings is 1. The molecule has 0 bridgehead atoms. The van der Waals surface area contributed by atoms with E-state index in [1.165, 1.54) is 12.1 Å². The third-order valence-corrected chi connectivity index (χ3v) is 5.56. The zero-order chi connectivity index (χ0) is 15.6. The summed E-state index contributed by atoms with van der Waals surface area (Å²) in [6.07, 6.45) is 4.28. The monoisotopic (exact) mass is 393 g/mol. The summed E-state index contributed by atoms with van der Waals surface area (Å²) in [6, 6.07) is 4.61. The Morgan fingerprint density at radius 2 is 1.95 bits per heavy atom. The molecule has 0 N–H and O–H groups in total. The normalized spacial score (nSPS) is 16.1. The molecule has 1 aromatic carbocycles. The van der Waals surface area contributed by atoms with E-state index < -0.39 is 9.05 Å². The van der Waals surface area contributed by atoms with E-state index in [0.29, 0.717) is 16.6 Å². The molecule has 1 aromatic rings. The number of nitrogens with zero attached hydrogens (tertiary/aromatic N) is 1. The first-order chi connectivity index (χ1) is 9.82. The average molecular weight is 395 g/mol. The van der Waals surface area contributed by atoms with E-state index >= 15 is 0 Å². The number of hydrogen-bond donors (Lipinski definition) is 0. The highest BCUT2D eigenvalue weighted by molar-refractivity contribution is 9.10. The van der Waals surface area contributed by atoms with Crippen molar-refractivity contribution in [2.45, 2.75) is 43.5 Å². The van der Waals surface area contributed by atoms with Crippen LogP contribution >= 0.6 is 26.6 Å². The summed E-state index contributed by atoms with van der Waals surface area (Å²) < 4.78 is 23.5. The lowest BCUT2D eigenvalue weighted by Gasteiger charge is -2.28. The smallest absolute Gasteiger partial charge is 0.261 e. The van der Waals surface area contributed by atoms with Gasteiger partial charge in [0.25, 0.3) is 15.0 Å². The lowest BCUT2D eigenvalue weighted by atomic mass is 10.1. The van der Waals surface area contributed by atoms with Crippen molar-refractivity contribution in [1.29, 1.82) is 0 Å². The fourth-order valence-corrected chi connectivity index (χ4v) is 4.22. The van der Waals surface area contributed by atoms with E-state index in [9.17, 15) is 13.2 Å². The zero-order valence-corrected chi connectivity index (χ0v) is 14.8. The second-order valence-electron chi connectivity index (χ2n) is 5.14. The molecule has 0 saturated heterocycles. The predicted octanol–water partition coefficient (Wildman–Crippen LogP) is 3.78. The molecule has 0 aromatic heterocycles. The van der Waals surface area contributed by atoms with Crippen LogP contribution in [0.15, 0.2) is 27.6 Å². The van der Waals surface area contributed by atoms with Gasteiger partial charge in [-0.05, 0) is 38.0 Å².